The topological polar surface area (TPSA) is 111 Å². The molecule has 20 heteroatoms. The first-order valence-corrected chi connectivity index (χ1v) is 20.1. The average molecular weight is 596 g/mol. The molecule has 0 N–H and O–H groups in total. The Labute approximate surface area is 207 Å². The van der Waals surface area contributed by atoms with Crippen molar-refractivity contribution in [3.63, 3.8) is 0 Å². The Kier molecular flexibility index (Phi) is 6.24. The first kappa shape index (κ1) is 22.6. The van der Waals surface area contributed by atoms with Crippen molar-refractivity contribution in [2.24, 2.45) is 0 Å². The Bertz CT molecular complexity index is 989. The fraction of sp³-hybridized carbons (Fsp3) is 0. The van der Waals surface area contributed by atoms with Crippen LogP contribution in [0.5, 0.6) is 0 Å². The monoisotopic (exact) mass is 595 g/mol. The van der Waals surface area contributed by atoms with Gasteiger partial charge in [0.1, 0.15) is 0 Å². The van der Waals surface area contributed by atoms with E-state index in [2.05, 4.69) is 0 Å². The predicted octanol–water partition coefficient (Wildman–Crippen LogP) is -0.836. The molecule has 0 amide bonds. The van der Waals surface area contributed by atoms with Crippen molar-refractivity contribution in [3.8, 4) is 0 Å². The van der Waals surface area contributed by atoms with Gasteiger partial charge >= 0.3 is 75.5 Å². The first-order valence-electron chi connectivity index (χ1n) is 9.79. The van der Waals surface area contributed by atoms with Gasteiger partial charge in [0, 0.05) is 5.19 Å². The second-order valence-corrected chi connectivity index (χ2v) is 21.9. The minimum atomic E-state index is -3.69. The number of hydrogen-bond donors (Lipinski definition) is 0. The van der Waals surface area contributed by atoms with Gasteiger partial charge in [-0.2, -0.15) is 0 Å². The van der Waals surface area contributed by atoms with Crippen LogP contribution in [0, 0.1) is 0 Å². The lowest BCUT2D eigenvalue weighted by Gasteiger charge is -2.44. The van der Waals surface area contributed by atoms with Crippen LogP contribution in [0.3, 0.4) is 0 Å². The van der Waals surface area contributed by atoms with E-state index in [0.29, 0.717) is 5.19 Å². The summed E-state index contributed by atoms with van der Waals surface area (Å²) in [6, 6.07) is 17.7. The molecule has 12 nitrogen and oxygen atoms in total. The quantitative estimate of drug-likeness (QED) is 0.326. The van der Waals surface area contributed by atoms with Gasteiger partial charge in [0.25, 0.3) is 0 Å². The zero-order valence-corrected chi connectivity index (χ0v) is 24.7. The van der Waals surface area contributed by atoms with E-state index in [4.69, 9.17) is 49.4 Å². The highest BCUT2D eigenvalue weighted by molar-refractivity contribution is 6.91. The Morgan fingerprint density at radius 3 is 1.26 bits per heavy atom. The van der Waals surface area contributed by atoms with Gasteiger partial charge in [-0.05, 0) is 11.1 Å². The van der Waals surface area contributed by atoms with Crippen LogP contribution in [0.1, 0.15) is 11.1 Å². The molecule has 0 spiro atoms. The molecule has 6 saturated heterocycles. The van der Waals surface area contributed by atoms with E-state index in [9.17, 15) is 0 Å². The van der Waals surface area contributed by atoms with Gasteiger partial charge in [-0.1, -0.05) is 66.7 Å². The van der Waals surface area contributed by atoms with Gasteiger partial charge < -0.3 is 49.4 Å². The summed E-state index contributed by atoms with van der Waals surface area (Å²) in [6.45, 7) is 0. The summed E-state index contributed by atoms with van der Waals surface area (Å²) in [5, 5.41) is 0.673. The van der Waals surface area contributed by atoms with Crippen molar-refractivity contribution in [2.45, 2.75) is 0 Å². The normalized spacial score (nSPS) is 27.1. The number of benzene rings is 2. The van der Waals surface area contributed by atoms with Crippen LogP contribution in [0.2, 0.25) is 0 Å². The fourth-order valence-electron chi connectivity index (χ4n) is 3.17. The van der Waals surface area contributed by atoms with Crippen molar-refractivity contribution in [3.05, 3.63) is 65.7 Å². The molecule has 0 unspecified atom stereocenters. The van der Waals surface area contributed by atoms with Gasteiger partial charge in [0.15, 0.2) is 0 Å². The summed E-state index contributed by atoms with van der Waals surface area (Å²) in [7, 11) is -20.3. The highest BCUT2D eigenvalue weighted by Crippen LogP contribution is 2.30. The van der Waals surface area contributed by atoms with Gasteiger partial charge in [-0.15, -0.1) is 0 Å². The smallest absolute Gasteiger partial charge is 0.369 e. The van der Waals surface area contributed by atoms with Crippen molar-refractivity contribution in [1.29, 1.82) is 0 Å². The predicted molar refractivity (Wildman–Crippen MR) is 120 cm³/mol. The standard InChI is InChI=1S/C14H11O12Si8/c1-2-4-12(5-3-1)6-7-13-8-10-14(11-9-13)34-24-31-18-28-15-27-16-29(20-31)22-33(26-34)23-30(17-27)21-32(19-28)25-34/h1-11H/b7-6-. The third-order valence-corrected chi connectivity index (χ3v) is 23.0. The molecular weight excluding hydrogens is 585 g/mol. The van der Waals surface area contributed by atoms with Crippen molar-refractivity contribution in [2.75, 3.05) is 0 Å². The van der Waals surface area contributed by atoms with E-state index in [1.54, 1.807) is 0 Å². The molecule has 6 aliphatic heterocycles. The number of hydrogen-bond acceptors (Lipinski definition) is 12. The summed E-state index contributed by atoms with van der Waals surface area (Å²) in [5.74, 6) is 0. The zero-order valence-electron chi connectivity index (χ0n) is 16.7. The molecule has 8 bridgehead atoms. The van der Waals surface area contributed by atoms with Gasteiger partial charge in [0.05, 0.1) is 0 Å². The fourth-order valence-corrected chi connectivity index (χ4v) is 25.7. The Morgan fingerprint density at radius 2 is 0.824 bits per heavy atom. The molecular formula is C14H11O12Si8. The Hall–Kier alpha value is -0.565. The molecule has 2 aromatic rings. The summed E-state index contributed by atoms with van der Waals surface area (Å²) < 4.78 is 71.9. The molecule has 6 fully saturated rings. The maximum atomic E-state index is 6.34. The van der Waals surface area contributed by atoms with Crippen molar-refractivity contribution >= 4 is 92.8 Å². The second-order valence-electron chi connectivity index (χ2n) is 6.90. The number of rotatable bonds is 3. The van der Waals surface area contributed by atoms with Crippen LogP contribution >= 0.6 is 0 Å². The van der Waals surface area contributed by atoms with Crippen LogP contribution in [0.4, 0.5) is 0 Å². The van der Waals surface area contributed by atoms with E-state index in [1.807, 2.05) is 66.7 Å². The van der Waals surface area contributed by atoms with Gasteiger partial charge in [0.2, 0.25) is 0 Å². The highest BCUT2D eigenvalue weighted by atomic mass is 28.6. The summed E-state index contributed by atoms with van der Waals surface area (Å²) in [6.07, 6.45) is 4.06. The zero-order chi connectivity index (χ0) is 22.5. The third kappa shape index (κ3) is 4.61. The minimum Gasteiger partial charge on any atom is -0.369 e. The maximum Gasteiger partial charge on any atom is 0.553 e. The molecule has 7 radical (unpaired) electrons. The lowest BCUT2D eigenvalue weighted by molar-refractivity contribution is 0.0349. The maximum absolute atomic E-state index is 6.34. The Balaban J connectivity index is 1.23. The summed E-state index contributed by atoms with van der Waals surface area (Å²) in [5.41, 5.74) is 2.10. The molecule has 34 heavy (non-hydrogen) atoms. The van der Waals surface area contributed by atoms with Crippen LogP contribution in [-0.4, -0.2) is 75.5 Å². The molecule has 2 aromatic carbocycles. The molecule has 0 aromatic heterocycles. The molecule has 6 heterocycles. The van der Waals surface area contributed by atoms with E-state index >= 15 is 0 Å². The molecule has 171 valence electrons. The van der Waals surface area contributed by atoms with Crippen LogP contribution in [0.25, 0.3) is 12.2 Å². The molecule has 0 atom stereocenters. The molecule has 8 rings (SSSR count). The van der Waals surface area contributed by atoms with Crippen LogP contribution < -0.4 is 5.19 Å². The second kappa shape index (κ2) is 9.39. The Morgan fingerprint density at radius 1 is 0.441 bits per heavy atom. The van der Waals surface area contributed by atoms with E-state index < -0.39 is 75.5 Å². The van der Waals surface area contributed by atoms with Crippen LogP contribution in [-0.2, 0) is 49.4 Å². The summed E-state index contributed by atoms with van der Waals surface area (Å²) in [4.78, 5) is 0. The highest BCUT2D eigenvalue weighted by Gasteiger charge is 2.66. The average Bonchev–Trinajstić information content (AvgIpc) is 2.75. The lowest BCUT2D eigenvalue weighted by atomic mass is 10.1. The SMILES string of the molecule is C(=C/c1ccc([Si]23O[Si]4O[Si]5O[Si]6O[Si](O4)O[Si](O[Si](O6)O[Si](O5)O2)O3)cc1)/c1ccccc1. The molecule has 0 aliphatic carbocycles. The van der Waals surface area contributed by atoms with Crippen LogP contribution in [0.15, 0.2) is 54.6 Å². The molecule has 6 aliphatic rings. The van der Waals surface area contributed by atoms with Crippen molar-refractivity contribution < 1.29 is 49.4 Å². The third-order valence-electron chi connectivity index (χ3n) is 4.69. The largest absolute Gasteiger partial charge is 0.553 e. The van der Waals surface area contributed by atoms with E-state index in [0.717, 1.165) is 11.1 Å². The van der Waals surface area contributed by atoms with Crippen molar-refractivity contribution in [1.82, 2.24) is 0 Å². The first-order chi connectivity index (χ1) is 16.7. The minimum absolute atomic E-state index is 0.673. The molecule has 0 saturated carbocycles. The van der Waals surface area contributed by atoms with E-state index in [-0.39, 0.29) is 0 Å². The van der Waals surface area contributed by atoms with Gasteiger partial charge in [-0.25, -0.2) is 0 Å². The lowest BCUT2D eigenvalue weighted by Crippen LogP contribution is -2.75. The van der Waals surface area contributed by atoms with E-state index in [1.165, 1.54) is 0 Å². The summed E-state index contributed by atoms with van der Waals surface area (Å²) >= 11 is 0. The van der Waals surface area contributed by atoms with Gasteiger partial charge in [-0.3, -0.25) is 0 Å².